The van der Waals surface area contributed by atoms with Gasteiger partial charge in [0.1, 0.15) is 5.82 Å². The van der Waals surface area contributed by atoms with Gasteiger partial charge in [0.25, 0.3) is 0 Å². The van der Waals surface area contributed by atoms with Gasteiger partial charge in [0, 0.05) is 10.2 Å². The molecule has 2 rings (SSSR count). The van der Waals surface area contributed by atoms with Crippen molar-refractivity contribution in [3.05, 3.63) is 63.9 Å². The maximum Gasteiger partial charge on any atom is 0.123 e. The molecule has 20 heavy (non-hydrogen) atoms. The summed E-state index contributed by atoms with van der Waals surface area (Å²) in [6.45, 7) is 4.28. The average Bonchev–Trinajstić information content (AvgIpc) is 2.47. The molecule has 0 saturated carbocycles. The van der Waals surface area contributed by atoms with Gasteiger partial charge in [0.2, 0.25) is 0 Å². The molecular formula is C17H19BrFN. The molecule has 0 aliphatic heterocycles. The molecule has 3 heteroatoms. The van der Waals surface area contributed by atoms with Crippen LogP contribution in [-0.4, -0.2) is 0 Å². The van der Waals surface area contributed by atoms with Crippen molar-refractivity contribution in [2.24, 2.45) is 0 Å². The molecule has 0 radical (unpaired) electrons. The third kappa shape index (κ3) is 3.60. The number of hydrogen-bond donors (Lipinski definition) is 1. The molecule has 106 valence electrons. The summed E-state index contributed by atoms with van der Waals surface area (Å²) in [5.74, 6) is -0.193. The summed E-state index contributed by atoms with van der Waals surface area (Å²) in [4.78, 5) is 0. The van der Waals surface area contributed by atoms with Gasteiger partial charge in [-0.25, -0.2) is 4.39 Å². The number of hydrogen-bond acceptors (Lipinski definition) is 1. The molecule has 1 N–H and O–H groups in total. The minimum absolute atomic E-state index is 0.193. The minimum Gasteiger partial charge on any atom is -0.378 e. The molecular weight excluding hydrogens is 317 g/mol. The van der Waals surface area contributed by atoms with Crippen LogP contribution in [0.1, 0.15) is 37.4 Å². The molecule has 0 fully saturated rings. The van der Waals surface area contributed by atoms with Crippen molar-refractivity contribution in [3.8, 4) is 0 Å². The van der Waals surface area contributed by atoms with E-state index in [1.807, 2.05) is 18.2 Å². The first-order valence-corrected chi connectivity index (χ1v) is 7.73. The van der Waals surface area contributed by atoms with Crippen LogP contribution < -0.4 is 5.32 Å². The largest absolute Gasteiger partial charge is 0.378 e. The van der Waals surface area contributed by atoms with Gasteiger partial charge in [-0.15, -0.1) is 0 Å². The lowest BCUT2D eigenvalue weighted by Gasteiger charge is -2.21. The number of aryl methyl sites for hydroxylation is 1. The van der Waals surface area contributed by atoms with Crippen LogP contribution in [0.2, 0.25) is 0 Å². The molecule has 1 atom stereocenters. The summed E-state index contributed by atoms with van der Waals surface area (Å²) in [7, 11) is 0. The maximum absolute atomic E-state index is 13.0. The van der Waals surface area contributed by atoms with Crippen molar-refractivity contribution in [2.75, 3.05) is 5.32 Å². The topological polar surface area (TPSA) is 12.0 Å². The van der Waals surface area contributed by atoms with Gasteiger partial charge in [-0.3, -0.25) is 0 Å². The van der Waals surface area contributed by atoms with Crippen molar-refractivity contribution >= 4 is 21.6 Å². The van der Waals surface area contributed by atoms with E-state index in [-0.39, 0.29) is 11.9 Å². The highest BCUT2D eigenvalue weighted by atomic mass is 79.9. The van der Waals surface area contributed by atoms with Crippen LogP contribution in [0.4, 0.5) is 10.1 Å². The number of benzene rings is 2. The Morgan fingerprint density at radius 3 is 2.40 bits per heavy atom. The Kier molecular flexibility index (Phi) is 5.18. The molecule has 1 unspecified atom stereocenters. The molecule has 0 spiro atoms. The summed E-state index contributed by atoms with van der Waals surface area (Å²) in [5.41, 5.74) is 3.53. The van der Waals surface area contributed by atoms with Crippen LogP contribution in [-0.2, 0) is 6.42 Å². The Hall–Kier alpha value is -1.35. The first-order valence-electron chi connectivity index (χ1n) is 6.94. The standard InChI is InChI=1S/C17H19BrFN/c1-3-12-11-14(18)7-10-17(12)20-16(4-2)13-5-8-15(19)9-6-13/h5-11,16,20H,3-4H2,1-2H3. The maximum atomic E-state index is 13.0. The monoisotopic (exact) mass is 335 g/mol. The van der Waals surface area contributed by atoms with Gasteiger partial charge in [-0.1, -0.05) is 41.9 Å². The van der Waals surface area contributed by atoms with Crippen LogP contribution in [0.15, 0.2) is 46.9 Å². The van der Waals surface area contributed by atoms with E-state index in [0.29, 0.717) is 0 Å². The van der Waals surface area contributed by atoms with Gasteiger partial charge >= 0.3 is 0 Å². The summed E-state index contributed by atoms with van der Waals surface area (Å²) in [6.07, 6.45) is 1.92. The molecule has 0 amide bonds. The summed E-state index contributed by atoms with van der Waals surface area (Å²) >= 11 is 3.50. The van der Waals surface area contributed by atoms with E-state index in [0.717, 1.165) is 28.6 Å². The van der Waals surface area contributed by atoms with E-state index in [1.54, 1.807) is 0 Å². The zero-order chi connectivity index (χ0) is 14.5. The highest BCUT2D eigenvalue weighted by Gasteiger charge is 2.11. The zero-order valence-corrected chi connectivity index (χ0v) is 13.4. The van der Waals surface area contributed by atoms with E-state index in [9.17, 15) is 4.39 Å². The van der Waals surface area contributed by atoms with Gasteiger partial charge in [-0.2, -0.15) is 0 Å². The van der Waals surface area contributed by atoms with Crippen LogP contribution in [0.25, 0.3) is 0 Å². The second-order valence-corrected chi connectivity index (χ2v) is 5.73. The Bertz CT molecular complexity index is 566. The lowest BCUT2D eigenvalue weighted by molar-refractivity contribution is 0.625. The molecule has 0 bridgehead atoms. The number of rotatable bonds is 5. The number of anilines is 1. The van der Waals surface area contributed by atoms with E-state index in [1.165, 1.54) is 17.7 Å². The van der Waals surface area contributed by atoms with E-state index < -0.39 is 0 Å². The molecule has 0 aliphatic carbocycles. The fraction of sp³-hybridized carbons (Fsp3) is 0.294. The zero-order valence-electron chi connectivity index (χ0n) is 11.8. The van der Waals surface area contributed by atoms with Crippen molar-refractivity contribution in [3.63, 3.8) is 0 Å². The second kappa shape index (κ2) is 6.89. The normalized spacial score (nSPS) is 12.2. The first-order chi connectivity index (χ1) is 9.63. The summed E-state index contributed by atoms with van der Waals surface area (Å²) in [5, 5.41) is 3.57. The van der Waals surface area contributed by atoms with Crippen LogP contribution in [0.5, 0.6) is 0 Å². The van der Waals surface area contributed by atoms with Crippen LogP contribution in [0.3, 0.4) is 0 Å². The van der Waals surface area contributed by atoms with Crippen molar-refractivity contribution in [2.45, 2.75) is 32.7 Å². The van der Waals surface area contributed by atoms with E-state index in [2.05, 4.69) is 47.2 Å². The molecule has 2 aromatic carbocycles. The molecule has 1 nitrogen and oxygen atoms in total. The third-order valence-electron chi connectivity index (χ3n) is 3.46. The minimum atomic E-state index is -0.193. The number of nitrogens with one attached hydrogen (secondary N) is 1. The predicted octanol–water partition coefficient (Wildman–Crippen LogP) is 5.71. The fourth-order valence-electron chi connectivity index (χ4n) is 2.30. The van der Waals surface area contributed by atoms with Gasteiger partial charge in [-0.05, 0) is 54.3 Å². The lowest BCUT2D eigenvalue weighted by Crippen LogP contribution is -2.11. The summed E-state index contributed by atoms with van der Waals surface area (Å²) < 4.78 is 14.1. The fourth-order valence-corrected chi connectivity index (χ4v) is 2.71. The molecule has 0 heterocycles. The molecule has 0 saturated heterocycles. The van der Waals surface area contributed by atoms with Gasteiger partial charge in [0.15, 0.2) is 0 Å². The molecule has 0 aliphatic rings. The Morgan fingerprint density at radius 1 is 1.10 bits per heavy atom. The van der Waals surface area contributed by atoms with Gasteiger partial charge < -0.3 is 5.32 Å². The number of halogens is 2. The van der Waals surface area contributed by atoms with Gasteiger partial charge in [0.05, 0.1) is 6.04 Å². The predicted molar refractivity (Wildman–Crippen MR) is 86.6 cm³/mol. The highest BCUT2D eigenvalue weighted by molar-refractivity contribution is 9.10. The van der Waals surface area contributed by atoms with Crippen LogP contribution >= 0.6 is 15.9 Å². The van der Waals surface area contributed by atoms with Crippen molar-refractivity contribution in [1.29, 1.82) is 0 Å². The second-order valence-electron chi connectivity index (χ2n) is 4.81. The third-order valence-corrected chi connectivity index (χ3v) is 3.95. The van der Waals surface area contributed by atoms with Crippen molar-refractivity contribution < 1.29 is 4.39 Å². The average molecular weight is 336 g/mol. The Morgan fingerprint density at radius 2 is 1.80 bits per heavy atom. The smallest absolute Gasteiger partial charge is 0.123 e. The SMILES string of the molecule is CCc1cc(Br)ccc1NC(CC)c1ccc(F)cc1. The summed E-state index contributed by atoms with van der Waals surface area (Å²) in [6, 6.07) is 13.2. The Balaban J connectivity index is 2.24. The molecule has 2 aromatic rings. The van der Waals surface area contributed by atoms with Crippen molar-refractivity contribution in [1.82, 2.24) is 0 Å². The lowest BCUT2D eigenvalue weighted by atomic mass is 10.0. The Labute approximate surface area is 128 Å². The first kappa shape index (κ1) is 15.0. The van der Waals surface area contributed by atoms with E-state index >= 15 is 0 Å². The van der Waals surface area contributed by atoms with E-state index in [4.69, 9.17) is 0 Å². The highest BCUT2D eigenvalue weighted by Crippen LogP contribution is 2.27. The quantitative estimate of drug-likeness (QED) is 0.737. The molecule has 0 aromatic heterocycles. The van der Waals surface area contributed by atoms with Crippen LogP contribution in [0, 0.1) is 5.82 Å².